The summed E-state index contributed by atoms with van der Waals surface area (Å²) in [4.78, 5) is 31.1. The van der Waals surface area contributed by atoms with Crippen LogP contribution in [-0.2, 0) is 11.0 Å². The van der Waals surface area contributed by atoms with Gasteiger partial charge in [-0.15, -0.1) is 12.4 Å². The average molecular weight is 699 g/mol. The van der Waals surface area contributed by atoms with Crippen LogP contribution in [0.25, 0.3) is 0 Å². The lowest BCUT2D eigenvalue weighted by Crippen LogP contribution is -2.53. The van der Waals surface area contributed by atoms with Crippen LogP contribution in [0.3, 0.4) is 0 Å². The monoisotopic (exact) mass is 697 g/mol. The van der Waals surface area contributed by atoms with E-state index >= 15 is 0 Å². The Morgan fingerprint density at radius 2 is 1.51 bits per heavy atom. The fourth-order valence-corrected chi connectivity index (χ4v) is 7.51. The molecule has 2 amide bonds. The molecule has 2 aliphatic rings. The van der Waals surface area contributed by atoms with Gasteiger partial charge in [0.1, 0.15) is 0 Å². The predicted octanol–water partition coefficient (Wildman–Crippen LogP) is 7.56. The molecular weight excluding hydrogens is 657 g/mol. The molecule has 4 aromatic rings. The largest absolute Gasteiger partial charge is 0.459 e. The third-order valence-electron chi connectivity index (χ3n) is 9.68. The number of piperidine rings is 2. The van der Waals surface area contributed by atoms with Gasteiger partial charge in [-0.3, -0.25) is 9.59 Å². The van der Waals surface area contributed by atoms with Gasteiger partial charge in [-0.25, -0.2) is 0 Å². The number of carbonyl (C=O) groups is 2. The van der Waals surface area contributed by atoms with E-state index in [0.717, 1.165) is 81.4 Å². The molecule has 2 saturated heterocycles. The summed E-state index contributed by atoms with van der Waals surface area (Å²) in [5, 5.41) is 4.41. The molecular formula is C37H42Cl3N3O4. The summed E-state index contributed by atoms with van der Waals surface area (Å²) < 4.78 is 5.39. The summed E-state index contributed by atoms with van der Waals surface area (Å²) >= 11 is 12.9. The average Bonchev–Trinajstić information content (AvgIpc) is 3.63. The van der Waals surface area contributed by atoms with Crippen LogP contribution in [0.1, 0.15) is 70.6 Å². The predicted molar refractivity (Wildman–Crippen MR) is 190 cm³/mol. The minimum atomic E-state index is -0.454. The highest BCUT2D eigenvalue weighted by molar-refractivity contribution is 6.42. The van der Waals surface area contributed by atoms with Crippen LogP contribution >= 0.6 is 35.6 Å². The number of furan rings is 1. The molecule has 1 aromatic heterocycles. The maximum atomic E-state index is 13.5. The fourth-order valence-electron chi connectivity index (χ4n) is 7.21. The lowest BCUT2D eigenvalue weighted by Gasteiger charge is -2.45. The zero-order chi connectivity index (χ0) is 31.3. The Bertz CT molecular complexity index is 1600. The molecule has 10 heteroatoms. The number of halogens is 3. The zero-order valence-corrected chi connectivity index (χ0v) is 28.6. The van der Waals surface area contributed by atoms with Crippen LogP contribution in [-0.4, -0.2) is 59.8 Å². The number of nitrogens with one attached hydrogen (secondary N) is 1. The highest BCUT2D eigenvalue weighted by Crippen LogP contribution is 2.41. The molecule has 3 N–H and O–H groups in total. The van der Waals surface area contributed by atoms with Crippen molar-refractivity contribution in [1.82, 2.24) is 15.1 Å². The van der Waals surface area contributed by atoms with E-state index in [9.17, 15) is 9.59 Å². The highest BCUT2D eigenvalue weighted by Gasteiger charge is 2.40. The summed E-state index contributed by atoms with van der Waals surface area (Å²) in [6.45, 7) is 4.06. The molecule has 6 rings (SSSR count). The van der Waals surface area contributed by atoms with Crippen LogP contribution in [0, 0.1) is 0 Å². The first-order valence-corrected chi connectivity index (χ1v) is 16.6. The third kappa shape index (κ3) is 8.22. The molecule has 0 aliphatic carbocycles. The molecule has 250 valence electrons. The lowest BCUT2D eigenvalue weighted by atomic mass is 9.70. The van der Waals surface area contributed by atoms with E-state index in [1.165, 1.54) is 6.26 Å². The van der Waals surface area contributed by atoms with Gasteiger partial charge in [0.15, 0.2) is 5.76 Å². The Labute approximate surface area is 292 Å². The number of hydrogen-bond donors (Lipinski definition) is 1. The molecule has 3 heterocycles. The second-order valence-electron chi connectivity index (χ2n) is 12.4. The minimum Gasteiger partial charge on any atom is -0.459 e. The Balaban J connectivity index is 0.00000250. The quantitative estimate of drug-likeness (QED) is 0.195. The standard InChI is InChI=1S/C37H39Cl2N3O3.ClH.H2O/c38-31-16-15-30(26-32(31)39)36(18-9-22-42(27-36)35(44)28-10-3-1-4-11-28)17-8-21-41-23-19-37(20-24-41,29-12-5-2-6-13-29)40-34(43)33-14-7-25-45-33;;/h1-7,10-16,25-26H,8-9,17-24,27H2,(H,40,43);1H;1H2. The van der Waals surface area contributed by atoms with E-state index in [1.54, 1.807) is 12.1 Å². The summed E-state index contributed by atoms with van der Waals surface area (Å²) in [6, 6.07) is 29.2. The number of hydrogen-bond acceptors (Lipinski definition) is 4. The van der Waals surface area contributed by atoms with E-state index in [-0.39, 0.29) is 35.1 Å². The van der Waals surface area contributed by atoms with Crippen molar-refractivity contribution in [2.24, 2.45) is 0 Å². The number of amides is 2. The summed E-state index contributed by atoms with van der Waals surface area (Å²) in [7, 11) is 0. The van der Waals surface area contributed by atoms with E-state index < -0.39 is 5.54 Å². The van der Waals surface area contributed by atoms with Crippen molar-refractivity contribution in [1.29, 1.82) is 0 Å². The van der Waals surface area contributed by atoms with Gasteiger partial charge < -0.3 is 25.0 Å². The normalized spacial score (nSPS) is 19.2. The third-order valence-corrected chi connectivity index (χ3v) is 10.4. The molecule has 0 bridgehead atoms. The van der Waals surface area contributed by atoms with Gasteiger partial charge in [0.2, 0.25) is 0 Å². The SMILES string of the molecule is Cl.O.O=C(NC1(c2ccccc2)CCN(CCCC2(c3ccc(Cl)c(Cl)c3)CCCN(C(=O)c3ccccc3)C2)CC1)c1ccco1. The second kappa shape index (κ2) is 16.2. The number of rotatable bonds is 9. The maximum absolute atomic E-state index is 13.5. The molecule has 2 fully saturated rings. The Hall–Kier alpha value is -3.33. The van der Waals surface area contributed by atoms with Gasteiger partial charge in [0.25, 0.3) is 11.8 Å². The van der Waals surface area contributed by atoms with Gasteiger partial charge in [-0.05, 0) is 92.6 Å². The van der Waals surface area contributed by atoms with Crippen LogP contribution in [0.5, 0.6) is 0 Å². The van der Waals surface area contributed by atoms with Crippen LogP contribution in [0.2, 0.25) is 10.0 Å². The van der Waals surface area contributed by atoms with Crippen LogP contribution in [0.15, 0.2) is 102 Å². The number of nitrogens with zero attached hydrogens (tertiary/aromatic N) is 2. The van der Waals surface area contributed by atoms with Gasteiger partial charge in [0.05, 0.1) is 21.8 Å². The first-order chi connectivity index (χ1) is 21.9. The maximum Gasteiger partial charge on any atom is 0.287 e. The molecule has 1 unspecified atom stereocenters. The van der Waals surface area contributed by atoms with E-state index in [2.05, 4.69) is 28.4 Å². The van der Waals surface area contributed by atoms with E-state index in [1.807, 2.05) is 65.6 Å². The fraction of sp³-hybridized carbons (Fsp3) is 0.351. The van der Waals surface area contributed by atoms with E-state index in [0.29, 0.717) is 22.4 Å². The molecule has 0 radical (unpaired) electrons. The van der Waals surface area contributed by atoms with Crippen LogP contribution < -0.4 is 5.32 Å². The van der Waals surface area contributed by atoms with Crippen molar-refractivity contribution in [2.45, 2.75) is 49.5 Å². The molecule has 0 spiro atoms. The Morgan fingerprint density at radius 3 is 2.17 bits per heavy atom. The highest BCUT2D eigenvalue weighted by atomic mass is 35.5. The Morgan fingerprint density at radius 1 is 0.809 bits per heavy atom. The van der Waals surface area contributed by atoms with Gasteiger partial charge >= 0.3 is 0 Å². The van der Waals surface area contributed by atoms with Crippen molar-refractivity contribution in [3.05, 3.63) is 130 Å². The van der Waals surface area contributed by atoms with Crippen molar-refractivity contribution in [3.8, 4) is 0 Å². The van der Waals surface area contributed by atoms with Crippen molar-refractivity contribution < 1.29 is 19.5 Å². The lowest BCUT2D eigenvalue weighted by molar-refractivity contribution is 0.0615. The van der Waals surface area contributed by atoms with Gasteiger partial charge in [-0.2, -0.15) is 0 Å². The Kier molecular flexibility index (Phi) is 12.6. The smallest absolute Gasteiger partial charge is 0.287 e. The minimum absolute atomic E-state index is 0. The number of likely N-dealkylation sites (tertiary alicyclic amines) is 2. The molecule has 1 atom stereocenters. The van der Waals surface area contributed by atoms with Gasteiger partial charge in [-0.1, -0.05) is 77.8 Å². The van der Waals surface area contributed by atoms with E-state index in [4.69, 9.17) is 27.6 Å². The summed E-state index contributed by atoms with van der Waals surface area (Å²) in [5.41, 5.74) is 2.32. The number of benzene rings is 3. The first kappa shape index (κ1) is 36.5. The molecule has 0 saturated carbocycles. The van der Waals surface area contributed by atoms with Crippen molar-refractivity contribution in [2.75, 3.05) is 32.7 Å². The van der Waals surface area contributed by atoms with Crippen LogP contribution in [0.4, 0.5) is 0 Å². The summed E-state index contributed by atoms with van der Waals surface area (Å²) in [5.74, 6) is 0.213. The summed E-state index contributed by atoms with van der Waals surface area (Å²) in [6.07, 6.45) is 6.96. The van der Waals surface area contributed by atoms with Crippen molar-refractivity contribution >= 4 is 47.4 Å². The first-order valence-electron chi connectivity index (χ1n) is 15.8. The topological polar surface area (TPSA) is 97.3 Å². The molecule has 47 heavy (non-hydrogen) atoms. The molecule has 7 nitrogen and oxygen atoms in total. The molecule has 3 aromatic carbocycles. The molecule has 2 aliphatic heterocycles. The number of carbonyl (C=O) groups excluding carboxylic acids is 2. The second-order valence-corrected chi connectivity index (χ2v) is 13.2. The van der Waals surface area contributed by atoms with Crippen molar-refractivity contribution in [3.63, 3.8) is 0 Å². The zero-order valence-electron chi connectivity index (χ0n) is 26.3. The van der Waals surface area contributed by atoms with Gasteiger partial charge in [0, 0.05) is 37.2 Å².